The first kappa shape index (κ1) is 19.2. The highest BCUT2D eigenvalue weighted by Crippen LogP contribution is 2.38. The smallest absolute Gasteiger partial charge is 0.291 e. The van der Waals surface area contributed by atoms with Gasteiger partial charge >= 0.3 is 0 Å². The number of hydrogen-bond donors (Lipinski definition) is 1. The van der Waals surface area contributed by atoms with Crippen molar-refractivity contribution in [1.29, 1.82) is 0 Å². The molecule has 1 N–H and O–H groups in total. The number of para-hydroxylation sites is 1. The van der Waals surface area contributed by atoms with E-state index in [4.69, 9.17) is 9.15 Å². The number of nitrogens with zero attached hydrogens (tertiary/aromatic N) is 1. The number of carbonyl (C=O) groups excluding carboxylic acids is 1. The van der Waals surface area contributed by atoms with Gasteiger partial charge in [-0.1, -0.05) is 24.3 Å². The topological polar surface area (TPSA) is 64.2 Å². The van der Waals surface area contributed by atoms with Crippen LogP contribution in [0.3, 0.4) is 0 Å². The maximum absolute atomic E-state index is 13.3. The molecule has 6 nitrogen and oxygen atoms in total. The molecular formula is C23H25N2O4+. The zero-order valence-electron chi connectivity index (χ0n) is 16.9. The van der Waals surface area contributed by atoms with Crippen LogP contribution >= 0.6 is 0 Å². The van der Waals surface area contributed by atoms with E-state index in [1.165, 1.54) is 4.90 Å². The lowest BCUT2D eigenvalue weighted by Gasteiger charge is -2.25. The largest absolute Gasteiger partial charge is 0.494 e. The molecule has 29 heavy (non-hydrogen) atoms. The summed E-state index contributed by atoms with van der Waals surface area (Å²) >= 11 is 0. The van der Waals surface area contributed by atoms with Gasteiger partial charge in [0, 0.05) is 0 Å². The van der Waals surface area contributed by atoms with E-state index in [2.05, 4.69) is 0 Å². The highest BCUT2D eigenvalue weighted by Gasteiger charge is 2.42. The van der Waals surface area contributed by atoms with Crippen molar-refractivity contribution in [2.75, 3.05) is 33.8 Å². The molecule has 1 aliphatic rings. The van der Waals surface area contributed by atoms with Crippen molar-refractivity contribution >= 4 is 16.9 Å². The first-order valence-electron chi connectivity index (χ1n) is 9.89. The van der Waals surface area contributed by atoms with Gasteiger partial charge in [-0.3, -0.25) is 9.59 Å². The van der Waals surface area contributed by atoms with Crippen LogP contribution in [0.2, 0.25) is 0 Å². The van der Waals surface area contributed by atoms with Crippen molar-refractivity contribution in [3.05, 3.63) is 75.6 Å². The molecule has 4 rings (SSSR count). The third-order valence-corrected chi connectivity index (χ3v) is 5.23. The summed E-state index contributed by atoms with van der Waals surface area (Å²) in [6.45, 7) is 3.80. The summed E-state index contributed by atoms with van der Waals surface area (Å²) in [7, 11) is 4.08. The Morgan fingerprint density at radius 3 is 2.48 bits per heavy atom. The first-order chi connectivity index (χ1) is 14.0. The van der Waals surface area contributed by atoms with E-state index in [0.29, 0.717) is 29.7 Å². The standard InChI is InChI=1S/C23H24N2O4/c1-4-28-16-11-9-15(10-12-16)20-19-21(26)17-7-5-6-8-18(17)29-22(19)23(27)25(20)14-13-24(2)3/h5-12,20H,4,13-14H2,1-3H3/p+1/t20-/m0/s1. The Morgan fingerprint density at radius 1 is 1.07 bits per heavy atom. The first-order valence-corrected chi connectivity index (χ1v) is 9.89. The number of fused-ring (bicyclic) bond motifs is 2. The molecular weight excluding hydrogens is 368 g/mol. The molecule has 0 saturated carbocycles. The number of rotatable bonds is 6. The van der Waals surface area contributed by atoms with E-state index in [-0.39, 0.29) is 17.1 Å². The lowest BCUT2D eigenvalue weighted by Crippen LogP contribution is -3.06. The van der Waals surface area contributed by atoms with E-state index < -0.39 is 6.04 Å². The Balaban J connectivity index is 1.87. The lowest BCUT2D eigenvalue weighted by atomic mass is 9.98. The van der Waals surface area contributed by atoms with Gasteiger partial charge in [-0.25, -0.2) is 0 Å². The van der Waals surface area contributed by atoms with Gasteiger partial charge in [-0.2, -0.15) is 0 Å². The molecule has 1 atom stereocenters. The Kier molecular flexibility index (Phi) is 5.11. The predicted octanol–water partition coefficient (Wildman–Crippen LogP) is 1.88. The molecule has 0 unspecified atom stereocenters. The summed E-state index contributed by atoms with van der Waals surface area (Å²) in [5.74, 6) is 0.681. The zero-order valence-corrected chi connectivity index (χ0v) is 16.9. The van der Waals surface area contributed by atoms with Crippen LogP contribution in [0.15, 0.2) is 57.7 Å². The Morgan fingerprint density at radius 2 is 1.79 bits per heavy atom. The molecule has 0 radical (unpaired) electrons. The highest BCUT2D eigenvalue weighted by molar-refractivity contribution is 5.99. The van der Waals surface area contributed by atoms with E-state index in [9.17, 15) is 9.59 Å². The summed E-state index contributed by atoms with van der Waals surface area (Å²) in [5, 5.41) is 0.495. The molecule has 150 valence electrons. The van der Waals surface area contributed by atoms with Gasteiger partial charge in [-0.15, -0.1) is 0 Å². The molecule has 1 amide bonds. The van der Waals surface area contributed by atoms with Crippen molar-refractivity contribution in [3.8, 4) is 5.75 Å². The SMILES string of the molecule is CCOc1ccc([C@H]2c3c(oc4ccccc4c3=O)C(=O)N2CC[NH+](C)C)cc1. The van der Waals surface area contributed by atoms with Crippen LogP contribution in [0.4, 0.5) is 0 Å². The van der Waals surface area contributed by atoms with Gasteiger partial charge < -0.3 is 19.0 Å². The molecule has 1 aromatic heterocycles. The maximum Gasteiger partial charge on any atom is 0.291 e. The molecule has 6 heteroatoms. The van der Waals surface area contributed by atoms with Gasteiger partial charge in [-0.05, 0) is 36.8 Å². The molecule has 1 aliphatic heterocycles. The van der Waals surface area contributed by atoms with Crippen LogP contribution in [0.25, 0.3) is 11.0 Å². The number of quaternary nitrogens is 1. The monoisotopic (exact) mass is 393 g/mol. The molecule has 2 aromatic carbocycles. The van der Waals surface area contributed by atoms with Crippen LogP contribution in [0.5, 0.6) is 5.75 Å². The van der Waals surface area contributed by atoms with Crippen LogP contribution in [-0.4, -0.2) is 44.6 Å². The summed E-state index contributed by atoms with van der Waals surface area (Å²) in [4.78, 5) is 29.5. The number of amides is 1. The Hall–Kier alpha value is -3.12. The highest BCUT2D eigenvalue weighted by atomic mass is 16.5. The number of likely N-dealkylation sites (N-methyl/N-ethyl adjacent to an activating group) is 1. The van der Waals surface area contributed by atoms with Crippen LogP contribution in [0.1, 0.15) is 34.6 Å². The summed E-state index contributed by atoms with van der Waals surface area (Å²) in [6.07, 6.45) is 0. The Bertz CT molecular complexity index is 1100. The quantitative estimate of drug-likeness (QED) is 0.695. The van der Waals surface area contributed by atoms with Crippen molar-refractivity contribution in [2.45, 2.75) is 13.0 Å². The fourth-order valence-electron chi connectivity index (χ4n) is 3.80. The lowest BCUT2D eigenvalue weighted by molar-refractivity contribution is -0.857. The second-order valence-electron chi connectivity index (χ2n) is 7.53. The average molecular weight is 393 g/mol. The number of carbonyl (C=O) groups is 1. The van der Waals surface area contributed by atoms with Crippen molar-refractivity contribution < 1.29 is 18.8 Å². The number of benzene rings is 2. The average Bonchev–Trinajstić information content (AvgIpc) is 2.99. The third kappa shape index (κ3) is 3.40. The molecule has 0 spiro atoms. The molecule has 3 aromatic rings. The van der Waals surface area contributed by atoms with E-state index >= 15 is 0 Å². The molecule has 0 fully saturated rings. The van der Waals surface area contributed by atoms with Crippen LogP contribution in [0, 0.1) is 0 Å². The normalized spacial score (nSPS) is 15.9. The summed E-state index contributed by atoms with van der Waals surface area (Å²) in [5.41, 5.74) is 1.59. The van der Waals surface area contributed by atoms with Crippen LogP contribution in [-0.2, 0) is 0 Å². The third-order valence-electron chi connectivity index (χ3n) is 5.23. The minimum absolute atomic E-state index is 0.145. The van der Waals surface area contributed by atoms with Gasteiger partial charge in [0.15, 0.2) is 5.43 Å². The number of nitrogens with one attached hydrogen (secondary N) is 1. The van der Waals surface area contributed by atoms with Crippen molar-refractivity contribution in [2.24, 2.45) is 0 Å². The number of ether oxygens (including phenoxy) is 1. The summed E-state index contributed by atoms with van der Waals surface area (Å²) in [6, 6.07) is 14.2. The maximum atomic E-state index is 13.3. The van der Waals surface area contributed by atoms with Gasteiger partial charge in [0.25, 0.3) is 5.91 Å². The number of hydrogen-bond acceptors (Lipinski definition) is 4. The minimum Gasteiger partial charge on any atom is -0.494 e. The van der Waals surface area contributed by atoms with Crippen molar-refractivity contribution in [3.63, 3.8) is 0 Å². The fraction of sp³-hybridized carbons (Fsp3) is 0.304. The second-order valence-corrected chi connectivity index (χ2v) is 7.53. The predicted molar refractivity (Wildman–Crippen MR) is 111 cm³/mol. The fourth-order valence-corrected chi connectivity index (χ4v) is 3.80. The van der Waals surface area contributed by atoms with Crippen LogP contribution < -0.4 is 15.1 Å². The molecule has 0 saturated heterocycles. The summed E-state index contributed by atoms with van der Waals surface area (Å²) < 4.78 is 11.5. The second kappa shape index (κ2) is 7.72. The molecule has 0 bridgehead atoms. The van der Waals surface area contributed by atoms with E-state index in [1.54, 1.807) is 23.1 Å². The Labute approximate surface area is 169 Å². The van der Waals surface area contributed by atoms with Gasteiger partial charge in [0.05, 0.1) is 50.8 Å². The molecule has 0 aliphatic carbocycles. The minimum atomic E-state index is -0.464. The van der Waals surface area contributed by atoms with Gasteiger partial charge in [0.1, 0.15) is 11.3 Å². The van der Waals surface area contributed by atoms with E-state index in [0.717, 1.165) is 17.9 Å². The zero-order chi connectivity index (χ0) is 20.5. The van der Waals surface area contributed by atoms with E-state index in [1.807, 2.05) is 51.4 Å². The molecule has 2 heterocycles. The van der Waals surface area contributed by atoms with Gasteiger partial charge in [0.2, 0.25) is 5.76 Å². The van der Waals surface area contributed by atoms with Crippen molar-refractivity contribution in [1.82, 2.24) is 4.90 Å².